The number of nitrogens with two attached hydrogens (primary N) is 1. The van der Waals surface area contributed by atoms with Crippen molar-refractivity contribution in [2.45, 2.75) is 34.1 Å². The smallest absolute Gasteiger partial charge is 0.253 e. The predicted molar refractivity (Wildman–Crippen MR) is 85.2 cm³/mol. The lowest BCUT2D eigenvalue weighted by atomic mass is 9.92. The Balaban J connectivity index is 2.96. The summed E-state index contributed by atoms with van der Waals surface area (Å²) in [6.45, 7) is 10.1. The maximum Gasteiger partial charge on any atom is 0.253 e. The highest BCUT2D eigenvalue weighted by Gasteiger charge is 2.24. The first-order chi connectivity index (χ1) is 9.30. The van der Waals surface area contributed by atoms with E-state index >= 15 is 0 Å². The third-order valence-corrected chi connectivity index (χ3v) is 3.78. The summed E-state index contributed by atoms with van der Waals surface area (Å²) in [7, 11) is 0. The lowest BCUT2D eigenvalue weighted by molar-refractivity contribution is 0.0689. The zero-order valence-corrected chi connectivity index (χ0v) is 13.6. The lowest BCUT2D eigenvalue weighted by Crippen LogP contribution is -2.42. The molecule has 4 heteroatoms. The number of aryl methyl sites for hydroxylation is 1. The molecule has 1 aromatic carbocycles. The van der Waals surface area contributed by atoms with Crippen LogP contribution in [0.15, 0.2) is 18.2 Å². The van der Waals surface area contributed by atoms with Crippen LogP contribution in [0.4, 0.5) is 0 Å². The van der Waals surface area contributed by atoms with Crippen molar-refractivity contribution in [1.29, 1.82) is 0 Å². The van der Waals surface area contributed by atoms with Gasteiger partial charge in [0, 0.05) is 23.7 Å². The average molecular weight is 297 g/mol. The van der Waals surface area contributed by atoms with Crippen molar-refractivity contribution in [2.24, 2.45) is 11.1 Å². The van der Waals surface area contributed by atoms with Gasteiger partial charge in [-0.15, -0.1) is 0 Å². The van der Waals surface area contributed by atoms with Crippen LogP contribution < -0.4 is 5.73 Å². The fourth-order valence-electron chi connectivity index (χ4n) is 2.01. The largest absolute Gasteiger partial charge is 0.338 e. The zero-order valence-electron chi connectivity index (χ0n) is 12.9. The number of carbonyl (C=O) groups is 1. The molecule has 2 N–H and O–H groups in total. The number of hydrogen-bond acceptors (Lipinski definition) is 2. The number of amides is 1. The number of nitrogens with zero attached hydrogens (tertiary/aromatic N) is 1. The fraction of sp³-hybridized carbons (Fsp3) is 0.562. The first kappa shape index (κ1) is 17.0. The van der Waals surface area contributed by atoms with Crippen molar-refractivity contribution in [2.75, 3.05) is 19.6 Å². The molecule has 0 atom stereocenters. The summed E-state index contributed by atoms with van der Waals surface area (Å²) in [5, 5.41) is 0.630. The fourth-order valence-corrected chi connectivity index (χ4v) is 2.19. The van der Waals surface area contributed by atoms with Crippen molar-refractivity contribution >= 4 is 17.5 Å². The van der Waals surface area contributed by atoms with Crippen LogP contribution in [-0.4, -0.2) is 30.4 Å². The van der Waals surface area contributed by atoms with Crippen molar-refractivity contribution in [1.82, 2.24) is 4.90 Å². The van der Waals surface area contributed by atoms with Crippen molar-refractivity contribution < 1.29 is 4.79 Å². The van der Waals surface area contributed by atoms with Gasteiger partial charge in [-0.2, -0.15) is 0 Å². The minimum atomic E-state index is -0.0840. The molecule has 0 saturated heterocycles. The Morgan fingerprint density at radius 2 is 2.05 bits per heavy atom. The van der Waals surface area contributed by atoms with Gasteiger partial charge in [-0.25, -0.2) is 0 Å². The second kappa shape index (κ2) is 7.09. The molecule has 3 nitrogen and oxygen atoms in total. The lowest BCUT2D eigenvalue weighted by Gasteiger charge is -2.32. The maximum atomic E-state index is 12.6. The summed E-state index contributed by atoms with van der Waals surface area (Å²) < 4.78 is 0. The first-order valence-corrected chi connectivity index (χ1v) is 7.44. The molecule has 0 bridgehead atoms. The number of rotatable bonds is 6. The Labute approximate surface area is 127 Å². The third-order valence-electron chi connectivity index (χ3n) is 3.37. The van der Waals surface area contributed by atoms with Gasteiger partial charge in [-0.1, -0.05) is 38.4 Å². The van der Waals surface area contributed by atoms with E-state index in [2.05, 4.69) is 20.8 Å². The normalized spacial score (nSPS) is 11.5. The van der Waals surface area contributed by atoms with Gasteiger partial charge in [0.2, 0.25) is 0 Å². The third kappa shape index (κ3) is 4.50. The summed E-state index contributed by atoms with van der Waals surface area (Å²) in [6, 6.07) is 5.47. The molecule has 0 unspecified atom stereocenters. The van der Waals surface area contributed by atoms with Crippen LogP contribution in [0, 0.1) is 12.3 Å². The van der Waals surface area contributed by atoms with E-state index in [1.165, 1.54) is 0 Å². The number of hydrogen-bond donors (Lipinski definition) is 1. The molecule has 1 amide bonds. The Bertz CT molecular complexity index is 472. The Kier molecular flexibility index (Phi) is 6.03. The minimum Gasteiger partial charge on any atom is -0.338 e. The molecule has 0 heterocycles. The van der Waals surface area contributed by atoms with Gasteiger partial charge >= 0.3 is 0 Å². The van der Waals surface area contributed by atoms with Crippen LogP contribution in [-0.2, 0) is 0 Å². The van der Waals surface area contributed by atoms with E-state index in [9.17, 15) is 4.79 Å². The van der Waals surface area contributed by atoms with Gasteiger partial charge in [-0.05, 0) is 43.0 Å². The molecule has 0 aromatic heterocycles. The van der Waals surface area contributed by atoms with Crippen LogP contribution in [0.5, 0.6) is 0 Å². The van der Waals surface area contributed by atoms with Gasteiger partial charge < -0.3 is 10.6 Å². The quantitative estimate of drug-likeness (QED) is 0.873. The van der Waals surface area contributed by atoms with Gasteiger partial charge in [0.15, 0.2) is 0 Å². The number of halogens is 1. The van der Waals surface area contributed by atoms with Gasteiger partial charge in [-0.3, -0.25) is 4.79 Å². The monoisotopic (exact) mass is 296 g/mol. The van der Waals surface area contributed by atoms with E-state index in [-0.39, 0.29) is 11.3 Å². The Morgan fingerprint density at radius 3 is 2.55 bits per heavy atom. The molecule has 20 heavy (non-hydrogen) atoms. The number of carbonyl (C=O) groups excluding carboxylic acids is 1. The first-order valence-electron chi connectivity index (χ1n) is 7.06. The molecule has 0 radical (unpaired) electrons. The van der Waals surface area contributed by atoms with Crippen LogP contribution >= 0.6 is 11.6 Å². The minimum absolute atomic E-state index is 0.0234. The Hall–Kier alpha value is -1.06. The van der Waals surface area contributed by atoms with Gasteiger partial charge in [0.1, 0.15) is 0 Å². The molecule has 1 rings (SSSR count). The highest BCUT2D eigenvalue weighted by molar-refractivity contribution is 6.31. The molecule has 112 valence electrons. The molecular formula is C16H25ClN2O. The summed E-state index contributed by atoms with van der Waals surface area (Å²) in [5.41, 5.74) is 7.31. The molecule has 1 aromatic rings. The van der Waals surface area contributed by atoms with E-state index < -0.39 is 0 Å². The molecule has 0 aliphatic rings. The van der Waals surface area contributed by atoms with E-state index in [1.54, 1.807) is 6.07 Å². The Morgan fingerprint density at radius 1 is 1.40 bits per heavy atom. The molecule has 0 spiro atoms. The molecule has 0 aliphatic carbocycles. The van der Waals surface area contributed by atoms with Crippen molar-refractivity contribution in [3.05, 3.63) is 34.3 Å². The molecule has 0 fully saturated rings. The van der Waals surface area contributed by atoms with Crippen LogP contribution in [0.3, 0.4) is 0 Å². The summed E-state index contributed by atoms with van der Waals surface area (Å²) in [6.07, 6.45) is 0.923. The zero-order chi connectivity index (χ0) is 15.3. The predicted octanol–water partition coefficient (Wildman–Crippen LogP) is 3.49. The van der Waals surface area contributed by atoms with E-state index in [0.29, 0.717) is 23.7 Å². The van der Waals surface area contributed by atoms with Crippen molar-refractivity contribution in [3.8, 4) is 0 Å². The summed E-state index contributed by atoms with van der Waals surface area (Å²) >= 11 is 6.11. The van der Waals surface area contributed by atoms with Gasteiger partial charge in [0.25, 0.3) is 5.91 Å². The summed E-state index contributed by atoms with van der Waals surface area (Å²) in [5.74, 6) is 0.0234. The molecule has 0 aliphatic heterocycles. The van der Waals surface area contributed by atoms with E-state index in [0.717, 1.165) is 18.5 Å². The topological polar surface area (TPSA) is 46.3 Å². The van der Waals surface area contributed by atoms with Gasteiger partial charge in [0.05, 0.1) is 0 Å². The highest BCUT2D eigenvalue weighted by Crippen LogP contribution is 2.20. The maximum absolute atomic E-state index is 12.6. The molecule has 0 saturated carbocycles. The number of benzene rings is 1. The van der Waals surface area contributed by atoms with E-state index in [1.807, 2.05) is 24.0 Å². The van der Waals surface area contributed by atoms with Crippen LogP contribution in [0.25, 0.3) is 0 Å². The molecular weight excluding hydrogens is 272 g/mol. The highest BCUT2D eigenvalue weighted by atomic mass is 35.5. The second-order valence-corrected chi connectivity index (χ2v) is 6.47. The van der Waals surface area contributed by atoms with Crippen molar-refractivity contribution in [3.63, 3.8) is 0 Å². The van der Waals surface area contributed by atoms with Crippen LogP contribution in [0.2, 0.25) is 5.02 Å². The average Bonchev–Trinajstić information content (AvgIpc) is 2.40. The summed E-state index contributed by atoms with van der Waals surface area (Å²) in [4.78, 5) is 14.5. The second-order valence-electron chi connectivity index (χ2n) is 6.06. The van der Waals surface area contributed by atoms with Crippen LogP contribution in [0.1, 0.15) is 43.1 Å². The SMILES string of the molecule is CCCN(CC(C)(C)CN)C(=O)c1ccc(C)c(Cl)c1. The standard InChI is InChI=1S/C16H25ClN2O/c1-5-8-19(11-16(3,4)10-18)15(20)13-7-6-12(2)14(17)9-13/h6-7,9H,5,8,10-11,18H2,1-4H3. The van der Waals surface area contributed by atoms with E-state index in [4.69, 9.17) is 17.3 Å².